The summed E-state index contributed by atoms with van der Waals surface area (Å²) in [5.74, 6) is 1.01. The molecule has 1 saturated heterocycles. The summed E-state index contributed by atoms with van der Waals surface area (Å²) < 4.78 is 0. The largest absolute Gasteiger partial charge is 0.347 e. The van der Waals surface area contributed by atoms with E-state index in [1.54, 1.807) is 12.4 Å². The molecule has 2 fully saturated rings. The van der Waals surface area contributed by atoms with Crippen LogP contribution in [0.3, 0.4) is 0 Å². The number of hydrogen-bond donors (Lipinski definition) is 1. The Morgan fingerprint density at radius 2 is 2.00 bits per heavy atom. The molecule has 5 nitrogen and oxygen atoms in total. The number of likely N-dealkylation sites (tertiary alicyclic amines) is 1. The third-order valence-corrected chi connectivity index (χ3v) is 4.44. The second-order valence-electron chi connectivity index (χ2n) is 5.73. The molecule has 0 radical (unpaired) electrons. The van der Waals surface area contributed by atoms with Gasteiger partial charge in [0.25, 0.3) is 0 Å². The number of carbonyl (C=O) groups excluding carboxylic acids is 2. The summed E-state index contributed by atoms with van der Waals surface area (Å²) in [6, 6.07) is -0.240. The van der Waals surface area contributed by atoms with Gasteiger partial charge in [0.15, 0.2) is 0 Å². The number of carbonyl (C=O) groups is 2. The first-order valence-corrected chi connectivity index (χ1v) is 6.99. The average Bonchev–Trinajstić information content (AvgIpc) is 3.06. The molecule has 2 aliphatic rings. The molecule has 5 heteroatoms. The Bertz CT molecular complexity index is 473. The predicted octanol–water partition coefficient (Wildman–Crippen LogP) is 1.89. The zero-order valence-electron chi connectivity index (χ0n) is 11.3. The van der Waals surface area contributed by atoms with E-state index in [1.807, 2.05) is 6.92 Å². The standard InChI is InChI=1S/C14H19N3O2/c1-3-11(12-15-4-5-16-12)17-13(18)9-6-8(2)7-10(9)14(17)19/h4-5,8-11H,3,6-7H2,1-2H3,(H,15,16). The van der Waals surface area contributed by atoms with E-state index in [2.05, 4.69) is 16.9 Å². The van der Waals surface area contributed by atoms with Crippen molar-refractivity contribution in [2.24, 2.45) is 17.8 Å². The first-order chi connectivity index (χ1) is 9.13. The van der Waals surface area contributed by atoms with Crippen LogP contribution >= 0.6 is 0 Å². The van der Waals surface area contributed by atoms with Crippen molar-refractivity contribution in [3.8, 4) is 0 Å². The highest BCUT2D eigenvalue weighted by Crippen LogP contribution is 2.45. The zero-order chi connectivity index (χ0) is 13.6. The van der Waals surface area contributed by atoms with Crippen LogP contribution in [0.2, 0.25) is 0 Å². The van der Waals surface area contributed by atoms with Gasteiger partial charge in [-0.25, -0.2) is 4.98 Å². The molecular weight excluding hydrogens is 242 g/mol. The number of H-pyrrole nitrogens is 1. The SMILES string of the molecule is CCC(c1ncc[nH]1)N1C(=O)C2CC(C)CC2C1=O. The van der Waals surface area contributed by atoms with Crippen molar-refractivity contribution in [3.63, 3.8) is 0 Å². The summed E-state index contributed by atoms with van der Waals surface area (Å²) in [4.78, 5) is 33.7. The third-order valence-electron chi connectivity index (χ3n) is 4.44. The van der Waals surface area contributed by atoms with E-state index in [9.17, 15) is 9.59 Å². The molecule has 1 aromatic rings. The minimum Gasteiger partial charge on any atom is -0.347 e. The lowest BCUT2D eigenvalue weighted by atomic mass is 10.00. The number of hydrogen-bond acceptors (Lipinski definition) is 3. The second-order valence-corrected chi connectivity index (χ2v) is 5.73. The van der Waals surface area contributed by atoms with E-state index < -0.39 is 0 Å². The second kappa shape index (κ2) is 4.47. The van der Waals surface area contributed by atoms with Crippen molar-refractivity contribution in [2.75, 3.05) is 0 Å². The summed E-state index contributed by atoms with van der Waals surface area (Å²) in [7, 11) is 0. The quantitative estimate of drug-likeness (QED) is 0.845. The molecule has 1 N–H and O–H groups in total. The molecule has 1 aliphatic carbocycles. The Morgan fingerprint density at radius 3 is 2.47 bits per heavy atom. The highest BCUT2D eigenvalue weighted by atomic mass is 16.2. The number of fused-ring (bicyclic) bond motifs is 1. The van der Waals surface area contributed by atoms with E-state index in [1.165, 1.54) is 4.90 Å². The Hall–Kier alpha value is -1.65. The lowest BCUT2D eigenvalue weighted by Gasteiger charge is -2.25. The molecule has 2 heterocycles. The topological polar surface area (TPSA) is 66.1 Å². The molecule has 102 valence electrons. The molecule has 3 unspecified atom stereocenters. The van der Waals surface area contributed by atoms with Gasteiger partial charge < -0.3 is 4.98 Å². The highest BCUT2D eigenvalue weighted by molar-refractivity contribution is 6.05. The Balaban J connectivity index is 1.90. The molecule has 3 atom stereocenters. The van der Waals surface area contributed by atoms with Gasteiger partial charge in [0.05, 0.1) is 17.9 Å². The van der Waals surface area contributed by atoms with E-state index in [4.69, 9.17) is 0 Å². The fourth-order valence-corrected chi connectivity index (χ4v) is 3.57. The smallest absolute Gasteiger partial charge is 0.233 e. The van der Waals surface area contributed by atoms with Gasteiger partial charge in [0, 0.05) is 12.4 Å². The van der Waals surface area contributed by atoms with Crippen LogP contribution in [0.5, 0.6) is 0 Å². The molecule has 1 saturated carbocycles. The van der Waals surface area contributed by atoms with Crippen LogP contribution in [0, 0.1) is 17.8 Å². The summed E-state index contributed by atoms with van der Waals surface area (Å²) in [5.41, 5.74) is 0. The minimum atomic E-state index is -0.240. The van der Waals surface area contributed by atoms with Gasteiger partial charge in [-0.3, -0.25) is 14.5 Å². The molecule has 3 rings (SSSR count). The number of nitrogens with zero attached hydrogens (tertiary/aromatic N) is 2. The summed E-state index contributed by atoms with van der Waals surface area (Å²) in [6.45, 7) is 4.09. The number of aromatic amines is 1. The molecule has 0 aromatic carbocycles. The van der Waals surface area contributed by atoms with Gasteiger partial charge >= 0.3 is 0 Å². The van der Waals surface area contributed by atoms with Crippen LogP contribution in [0.25, 0.3) is 0 Å². The fraction of sp³-hybridized carbons (Fsp3) is 0.643. The monoisotopic (exact) mass is 261 g/mol. The van der Waals surface area contributed by atoms with E-state index in [0.717, 1.165) is 12.8 Å². The number of imidazole rings is 1. The van der Waals surface area contributed by atoms with Crippen LogP contribution in [0.15, 0.2) is 12.4 Å². The van der Waals surface area contributed by atoms with E-state index >= 15 is 0 Å². The molecular formula is C14H19N3O2. The normalized spacial score (nSPS) is 31.9. The lowest BCUT2D eigenvalue weighted by molar-refractivity contribution is -0.143. The molecule has 0 spiro atoms. The maximum Gasteiger partial charge on any atom is 0.233 e. The van der Waals surface area contributed by atoms with Crippen molar-refractivity contribution < 1.29 is 9.59 Å². The zero-order valence-corrected chi connectivity index (χ0v) is 11.3. The fourth-order valence-electron chi connectivity index (χ4n) is 3.57. The number of amides is 2. The molecule has 19 heavy (non-hydrogen) atoms. The van der Waals surface area contributed by atoms with E-state index in [-0.39, 0.29) is 29.7 Å². The van der Waals surface area contributed by atoms with Crippen molar-refractivity contribution in [1.29, 1.82) is 0 Å². The Morgan fingerprint density at radius 1 is 1.37 bits per heavy atom. The lowest BCUT2D eigenvalue weighted by Crippen LogP contribution is -2.36. The van der Waals surface area contributed by atoms with Crippen LogP contribution in [-0.2, 0) is 9.59 Å². The van der Waals surface area contributed by atoms with Crippen molar-refractivity contribution in [1.82, 2.24) is 14.9 Å². The third kappa shape index (κ3) is 1.79. The number of imide groups is 1. The first kappa shape index (κ1) is 12.4. The van der Waals surface area contributed by atoms with Crippen molar-refractivity contribution >= 4 is 11.8 Å². The molecule has 1 aliphatic heterocycles. The Kier molecular flexibility index (Phi) is 2.92. The van der Waals surface area contributed by atoms with Gasteiger partial charge in [-0.2, -0.15) is 0 Å². The summed E-state index contributed by atoms with van der Waals surface area (Å²) >= 11 is 0. The van der Waals surface area contributed by atoms with Crippen LogP contribution in [0.4, 0.5) is 0 Å². The molecule has 1 aromatic heterocycles. The van der Waals surface area contributed by atoms with Crippen molar-refractivity contribution in [3.05, 3.63) is 18.2 Å². The number of aromatic nitrogens is 2. The number of nitrogens with one attached hydrogen (secondary N) is 1. The van der Waals surface area contributed by atoms with Gasteiger partial charge in [-0.15, -0.1) is 0 Å². The maximum atomic E-state index is 12.5. The van der Waals surface area contributed by atoms with Crippen LogP contribution < -0.4 is 0 Å². The highest BCUT2D eigenvalue weighted by Gasteiger charge is 2.53. The van der Waals surface area contributed by atoms with E-state index in [0.29, 0.717) is 18.2 Å². The van der Waals surface area contributed by atoms with Crippen LogP contribution in [-0.4, -0.2) is 26.7 Å². The Labute approximate surface area is 112 Å². The number of rotatable bonds is 3. The minimum absolute atomic E-state index is 0.00241. The first-order valence-electron chi connectivity index (χ1n) is 6.99. The predicted molar refractivity (Wildman–Crippen MR) is 68.9 cm³/mol. The summed E-state index contributed by atoms with van der Waals surface area (Å²) in [5, 5.41) is 0. The van der Waals surface area contributed by atoms with Gasteiger partial charge in [0.1, 0.15) is 5.82 Å². The van der Waals surface area contributed by atoms with Crippen LogP contribution in [0.1, 0.15) is 45.0 Å². The molecule has 0 bridgehead atoms. The summed E-state index contributed by atoms with van der Waals surface area (Å²) in [6.07, 6.45) is 5.78. The van der Waals surface area contributed by atoms with Gasteiger partial charge in [0.2, 0.25) is 11.8 Å². The maximum absolute atomic E-state index is 12.5. The molecule has 2 amide bonds. The van der Waals surface area contributed by atoms with Gasteiger partial charge in [-0.1, -0.05) is 13.8 Å². The average molecular weight is 261 g/mol. The van der Waals surface area contributed by atoms with Gasteiger partial charge in [-0.05, 0) is 25.2 Å². The van der Waals surface area contributed by atoms with Crippen molar-refractivity contribution in [2.45, 2.75) is 39.2 Å².